The van der Waals surface area contributed by atoms with Crippen LogP contribution in [0.25, 0.3) is 0 Å². The molecule has 0 fully saturated rings. The molecule has 0 saturated heterocycles. The van der Waals surface area contributed by atoms with Crippen molar-refractivity contribution in [1.29, 1.82) is 0 Å². The van der Waals surface area contributed by atoms with Gasteiger partial charge in [-0.3, -0.25) is 4.79 Å². The molecule has 0 aromatic heterocycles. The molecule has 0 aliphatic carbocycles. The van der Waals surface area contributed by atoms with Crippen molar-refractivity contribution in [2.24, 2.45) is 0 Å². The van der Waals surface area contributed by atoms with E-state index in [9.17, 15) is 13.2 Å². The summed E-state index contributed by atoms with van der Waals surface area (Å²) in [6, 6.07) is 3.48. The standard InChI is InChI=1S/C12H19N3O3S/c1-8-4-5-9(2)12(11(8)13)19(17,18)15-7-6-10(16)14-3/h4-5,15H,6-7,13H2,1-3H3,(H,14,16). The molecular weight excluding hydrogens is 266 g/mol. The fraction of sp³-hybridized carbons (Fsp3) is 0.417. The second-order valence-electron chi connectivity index (χ2n) is 4.26. The van der Waals surface area contributed by atoms with Gasteiger partial charge in [-0.05, 0) is 25.0 Å². The predicted molar refractivity (Wildman–Crippen MR) is 74.2 cm³/mol. The number of carbonyl (C=O) groups is 1. The molecule has 0 aliphatic rings. The van der Waals surface area contributed by atoms with Crippen LogP contribution in [-0.2, 0) is 14.8 Å². The molecule has 0 atom stereocenters. The van der Waals surface area contributed by atoms with E-state index in [0.717, 1.165) is 0 Å². The van der Waals surface area contributed by atoms with E-state index >= 15 is 0 Å². The van der Waals surface area contributed by atoms with E-state index in [4.69, 9.17) is 5.73 Å². The number of sulfonamides is 1. The minimum absolute atomic E-state index is 0.0365. The van der Waals surface area contributed by atoms with Gasteiger partial charge in [0, 0.05) is 20.0 Å². The molecule has 1 aromatic rings. The molecule has 0 radical (unpaired) electrons. The topological polar surface area (TPSA) is 101 Å². The van der Waals surface area contributed by atoms with Crippen LogP contribution in [0.3, 0.4) is 0 Å². The summed E-state index contributed by atoms with van der Waals surface area (Å²) in [4.78, 5) is 11.1. The van der Waals surface area contributed by atoms with Gasteiger partial charge in [-0.2, -0.15) is 0 Å². The highest BCUT2D eigenvalue weighted by molar-refractivity contribution is 7.89. The number of rotatable bonds is 5. The van der Waals surface area contributed by atoms with Crippen molar-refractivity contribution in [3.8, 4) is 0 Å². The number of hydrogen-bond acceptors (Lipinski definition) is 4. The highest BCUT2D eigenvalue weighted by Gasteiger charge is 2.20. The molecule has 0 spiro atoms. The highest BCUT2D eigenvalue weighted by atomic mass is 32.2. The van der Waals surface area contributed by atoms with Crippen molar-refractivity contribution in [2.45, 2.75) is 25.2 Å². The Hall–Kier alpha value is -1.60. The minimum Gasteiger partial charge on any atom is -0.397 e. The number of aryl methyl sites for hydroxylation is 2. The second-order valence-corrected chi connectivity index (χ2v) is 5.97. The van der Waals surface area contributed by atoms with Gasteiger partial charge >= 0.3 is 0 Å². The normalized spacial score (nSPS) is 11.3. The first-order valence-electron chi connectivity index (χ1n) is 5.85. The molecule has 1 amide bonds. The quantitative estimate of drug-likeness (QED) is 0.677. The van der Waals surface area contributed by atoms with Crippen LogP contribution >= 0.6 is 0 Å². The van der Waals surface area contributed by atoms with E-state index in [2.05, 4.69) is 10.0 Å². The maximum atomic E-state index is 12.2. The van der Waals surface area contributed by atoms with Crippen molar-refractivity contribution < 1.29 is 13.2 Å². The zero-order valence-corrected chi connectivity index (χ0v) is 12.1. The van der Waals surface area contributed by atoms with Gasteiger partial charge in [-0.25, -0.2) is 13.1 Å². The molecule has 0 saturated carbocycles. The number of hydrogen-bond donors (Lipinski definition) is 3. The van der Waals surface area contributed by atoms with Gasteiger partial charge < -0.3 is 11.1 Å². The summed E-state index contributed by atoms with van der Waals surface area (Å²) in [5, 5.41) is 2.42. The van der Waals surface area contributed by atoms with Crippen molar-refractivity contribution in [3.05, 3.63) is 23.3 Å². The molecule has 19 heavy (non-hydrogen) atoms. The lowest BCUT2D eigenvalue weighted by atomic mass is 10.1. The number of amides is 1. The molecule has 0 bridgehead atoms. The summed E-state index contributed by atoms with van der Waals surface area (Å²) < 4.78 is 26.7. The zero-order chi connectivity index (χ0) is 14.6. The molecule has 4 N–H and O–H groups in total. The number of nitrogens with two attached hydrogens (primary N) is 1. The molecular formula is C12H19N3O3S. The van der Waals surface area contributed by atoms with Gasteiger partial charge in [-0.15, -0.1) is 0 Å². The summed E-state index contributed by atoms with van der Waals surface area (Å²) in [5.41, 5.74) is 7.36. The Morgan fingerprint density at radius 3 is 2.42 bits per heavy atom. The largest absolute Gasteiger partial charge is 0.397 e. The van der Waals surface area contributed by atoms with Crippen LogP contribution in [0.15, 0.2) is 17.0 Å². The van der Waals surface area contributed by atoms with Crippen LogP contribution in [0.4, 0.5) is 5.69 Å². The molecule has 0 heterocycles. The fourth-order valence-electron chi connectivity index (χ4n) is 1.66. The highest BCUT2D eigenvalue weighted by Crippen LogP contribution is 2.25. The third-order valence-electron chi connectivity index (χ3n) is 2.80. The van der Waals surface area contributed by atoms with E-state index in [1.54, 1.807) is 26.0 Å². The van der Waals surface area contributed by atoms with Gasteiger partial charge in [0.15, 0.2) is 0 Å². The Kier molecular flexibility index (Phi) is 4.90. The van der Waals surface area contributed by atoms with Crippen LogP contribution < -0.4 is 15.8 Å². The Morgan fingerprint density at radius 2 is 1.84 bits per heavy atom. The summed E-state index contributed by atoms with van der Waals surface area (Å²) in [5.74, 6) is -0.225. The van der Waals surface area contributed by atoms with Crippen LogP contribution in [0.5, 0.6) is 0 Å². The molecule has 6 nitrogen and oxygen atoms in total. The van der Waals surface area contributed by atoms with E-state index in [-0.39, 0.29) is 29.5 Å². The third kappa shape index (κ3) is 3.68. The molecule has 1 rings (SSSR count). The minimum atomic E-state index is -3.70. The summed E-state index contributed by atoms with van der Waals surface area (Å²) in [6.07, 6.45) is 0.0838. The maximum absolute atomic E-state index is 12.2. The van der Waals surface area contributed by atoms with Crippen LogP contribution in [0.2, 0.25) is 0 Å². The van der Waals surface area contributed by atoms with Crippen molar-refractivity contribution in [3.63, 3.8) is 0 Å². The third-order valence-corrected chi connectivity index (χ3v) is 4.47. The predicted octanol–water partition coefficient (Wildman–Crippen LogP) is 0.300. The number of nitrogens with one attached hydrogen (secondary N) is 2. The number of benzene rings is 1. The zero-order valence-electron chi connectivity index (χ0n) is 11.3. The summed E-state index contributed by atoms with van der Waals surface area (Å²) >= 11 is 0. The fourth-order valence-corrected chi connectivity index (χ4v) is 3.12. The van der Waals surface area contributed by atoms with Gasteiger partial charge in [0.05, 0.1) is 5.69 Å². The van der Waals surface area contributed by atoms with Gasteiger partial charge in [-0.1, -0.05) is 12.1 Å². The van der Waals surface area contributed by atoms with Crippen LogP contribution in [0.1, 0.15) is 17.5 Å². The smallest absolute Gasteiger partial charge is 0.242 e. The first-order valence-corrected chi connectivity index (χ1v) is 7.34. The number of carbonyl (C=O) groups excluding carboxylic acids is 1. The lowest BCUT2D eigenvalue weighted by Gasteiger charge is -2.13. The van der Waals surface area contributed by atoms with E-state index in [1.165, 1.54) is 7.05 Å². The van der Waals surface area contributed by atoms with Crippen LogP contribution in [-0.4, -0.2) is 27.9 Å². The first kappa shape index (κ1) is 15.5. The van der Waals surface area contributed by atoms with Gasteiger partial charge in [0.2, 0.25) is 15.9 Å². The van der Waals surface area contributed by atoms with Crippen molar-refractivity contribution >= 4 is 21.6 Å². The van der Waals surface area contributed by atoms with E-state index in [1.807, 2.05) is 0 Å². The molecule has 1 aromatic carbocycles. The van der Waals surface area contributed by atoms with Crippen LogP contribution in [0, 0.1) is 13.8 Å². The van der Waals surface area contributed by atoms with Gasteiger partial charge in [0.25, 0.3) is 0 Å². The Bertz CT molecular complexity index is 582. The molecule has 0 unspecified atom stereocenters. The van der Waals surface area contributed by atoms with E-state index in [0.29, 0.717) is 11.1 Å². The lowest BCUT2D eigenvalue weighted by Crippen LogP contribution is -2.30. The summed E-state index contributed by atoms with van der Waals surface area (Å²) in [7, 11) is -2.20. The molecule has 7 heteroatoms. The SMILES string of the molecule is CNC(=O)CCNS(=O)(=O)c1c(C)ccc(C)c1N. The lowest BCUT2D eigenvalue weighted by molar-refractivity contribution is -0.120. The average Bonchev–Trinajstić information content (AvgIpc) is 2.33. The monoisotopic (exact) mass is 285 g/mol. The first-order chi connectivity index (χ1) is 8.79. The maximum Gasteiger partial charge on any atom is 0.242 e. The van der Waals surface area contributed by atoms with Crippen molar-refractivity contribution in [2.75, 3.05) is 19.3 Å². The number of anilines is 1. The number of nitrogen functional groups attached to an aromatic ring is 1. The van der Waals surface area contributed by atoms with E-state index < -0.39 is 10.0 Å². The molecule has 106 valence electrons. The average molecular weight is 285 g/mol. The van der Waals surface area contributed by atoms with Crippen molar-refractivity contribution in [1.82, 2.24) is 10.0 Å². The summed E-state index contributed by atoms with van der Waals surface area (Å²) in [6.45, 7) is 3.47. The van der Waals surface area contributed by atoms with Gasteiger partial charge in [0.1, 0.15) is 4.90 Å². The second kappa shape index (κ2) is 6.03. The Labute approximate surface area is 113 Å². The molecule has 0 aliphatic heterocycles. The Morgan fingerprint density at radius 1 is 1.26 bits per heavy atom. The Balaban J connectivity index is 2.95.